The fourth-order valence-corrected chi connectivity index (χ4v) is 4.36. The van der Waals surface area contributed by atoms with Crippen LogP contribution in [0.25, 0.3) is 5.69 Å². The zero-order valence-corrected chi connectivity index (χ0v) is 22.4. The number of furan rings is 1. The molecule has 0 aliphatic carbocycles. The van der Waals surface area contributed by atoms with Gasteiger partial charge in [0.1, 0.15) is 16.7 Å². The normalized spacial score (nSPS) is 11.6. The molecule has 0 saturated heterocycles. The highest BCUT2D eigenvalue weighted by Gasteiger charge is 2.31. The van der Waals surface area contributed by atoms with Crippen LogP contribution in [0.5, 0.6) is 5.75 Å². The lowest BCUT2D eigenvalue weighted by Crippen LogP contribution is -2.39. The standard InChI is InChI=1S/C29H32ClN3O4/c1-5-35-28(34)29(3,4)37-24-15-13-22(14-16-24)18-32(19-25-12-9-17-36-25)20-26-21(2)31-33(27(26)30)23-10-7-6-8-11-23/h6-17H,5,18-20H2,1-4H3. The van der Waals surface area contributed by atoms with E-state index >= 15 is 0 Å². The molecular formula is C29H32ClN3O4. The molecule has 0 radical (unpaired) electrons. The maximum Gasteiger partial charge on any atom is 0.349 e. The Morgan fingerprint density at radius 3 is 2.41 bits per heavy atom. The van der Waals surface area contributed by atoms with Gasteiger partial charge in [0.25, 0.3) is 0 Å². The van der Waals surface area contributed by atoms with Gasteiger partial charge in [0.05, 0.1) is 30.8 Å². The average Bonchev–Trinajstić information content (AvgIpc) is 3.49. The highest BCUT2D eigenvalue weighted by Crippen LogP contribution is 2.27. The zero-order chi connectivity index (χ0) is 26.4. The largest absolute Gasteiger partial charge is 0.476 e. The van der Waals surface area contributed by atoms with Gasteiger partial charge in [-0.25, -0.2) is 9.48 Å². The highest BCUT2D eigenvalue weighted by atomic mass is 35.5. The first-order valence-electron chi connectivity index (χ1n) is 12.3. The van der Waals surface area contributed by atoms with Crippen molar-refractivity contribution in [2.75, 3.05) is 6.61 Å². The van der Waals surface area contributed by atoms with Crippen LogP contribution >= 0.6 is 11.6 Å². The Morgan fingerprint density at radius 2 is 1.76 bits per heavy atom. The summed E-state index contributed by atoms with van der Waals surface area (Å²) in [7, 11) is 0. The van der Waals surface area contributed by atoms with Crippen LogP contribution < -0.4 is 4.74 Å². The summed E-state index contributed by atoms with van der Waals surface area (Å²) < 4.78 is 18.4. The van der Waals surface area contributed by atoms with E-state index < -0.39 is 11.6 Å². The van der Waals surface area contributed by atoms with Crippen molar-refractivity contribution >= 4 is 17.6 Å². The molecule has 2 aromatic heterocycles. The first-order valence-corrected chi connectivity index (χ1v) is 12.6. The Hall–Kier alpha value is -3.55. The van der Waals surface area contributed by atoms with Gasteiger partial charge in [-0.2, -0.15) is 5.10 Å². The minimum Gasteiger partial charge on any atom is -0.476 e. The number of ether oxygens (including phenoxy) is 2. The number of aromatic nitrogens is 2. The third kappa shape index (κ3) is 6.61. The number of rotatable bonds is 11. The molecule has 0 N–H and O–H groups in total. The molecule has 2 heterocycles. The summed E-state index contributed by atoms with van der Waals surface area (Å²) in [5.41, 5.74) is 2.77. The number of esters is 1. The smallest absolute Gasteiger partial charge is 0.349 e. The predicted molar refractivity (Wildman–Crippen MR) is 143 cm³/mol. The quantitative estimate of drug-likeness (QED) is 0.214. The molecule has 194 valence electrons. The van der Waals surface area contributed by atoms with Gasteiger partial charge < -0.3 is 13.9 Å². The van der Waals surface area contributed by atoms with E-state index in [4.69, 9.17) is 30.6 Å². The number of hydrogen-bond donors (Lipinski definition) is 0. The van der Waals surface area contributed by atoms with Crippen molar-refractivity contribution < 1.29 is 18.7 Å². The van der Waals surface area contributed by atoms with Gasteiger partial charge in [0.15, 0.2) is 5.60 Å². The van der Waals surface area contributed by atoms with Gasteiger partial charge in [-0.15, -0.1) is 0 Å². The van der Waals surface area contributed by atoms with Crippen LogP contribution in [0.4, 0.5) is 0 Å². The fraction of sp³-hybridized carbons (Fsp3) is 0.310. The number of nitrogens with zero attached hydrogens (tertiary/aromatic N) is 3. The van der Waals surface area contributed by atoms with E-state index in [1.54, 1.807) is 31.7 Å². The molecule has 0 atom stereocenters. The number of benzene rings is 2. The molecule has 4 aromatic rings. The number of halogens is 1. The summed E-state index contributed by atoms with van der Waals surface area (Å²) in [5, 5.41) is 5.29. The molecule has 0 unspecified atom stereocenters. The van der Waals surface area contributed by atoms with E-state index in [1.807, 2.05) is 73.7 Å². The molecule has 8 heteroatoms. The minimum atomic E-state index is -1.07. The van der Waals surface area contributed by atoms with Crippen molar-refractivity contribution in [2.24, 2.45) is 0 Å². The third-order valence-electron chi connectivity index (χ3n) is 5.93. The summed E-state index contributed by atoms with van der Waals surface area (Å²) in [4.78, 5) is 14.4. The van der Waals surface area contributed by atoms with E-state index in [2.05, 4.69) is 4.90 Å². The van der Waals surface area contributed by atoms with E-state index in [1.165, 1.54) is 0 Å². The van der Waals surface area contributed by atoms with Crippen molar-refractivity contribution in [3.8, 4) is 11.4 Å². The van der Waals surface area contributed by atoms with Gasteiger partial charge in [-0.05, 0) is 69.7 Å². The Morgan fingerprint density at radius 1 is 1.03 bits per heavy atom. The first kappa shape index (κ1) is 26.5. The number of hydrogen-bond acceptors (Lipinski definition) is 6. The number of carbonyl (C=O) groups is 1. The molecule has 0 fully saturated rings. The van der Waals surface area contributed by atoms with Gasteiger partial charge >= 0.3 is 5.97 Å². The Bertz CT molecular complexity index is 1300. The van der Waals surface area contributed by atoms with Gasteiger partial charge in [-0.3, -0.25) is 4.90 Å². The second-order valence-corrected chi connectivity index (χ2v) is 9.66. The van der Waals surface area contributed by atoms with Gasteiger partial charge in [-0.1, -0.05) is 41.9 Å². The second kappa shape index (κ2) is 11.7. The van der Waals surface area contributed by atoms with Crippen molar-refractivity contribution in [1.29, 1.82) is 0 Å². The Balaban J connectivity index is 1.52. The lowest BCUT2D eigenvalue weighted by molar-refractivity contribution is -0.158. The molecule has 7 nitrogen and oxygen atoms in total. The van der Waals surface area contributed by atoms with Crippen LogP contribution in [-0.2, 0) is 29.2 Å². The third-order valence-corrected chi connectivity index (χ3v) is 6.32. The van der Waals surface area contributed by atoms with E-state index in [0.717, 1.165) is 28.3 Å². The maximum atomic E-state index is 12.2. The summed E-state index contributed by atoms with van der Waals surface area (Å²) in [6, 6.07) is 21.4. The number of aryl methyl sites for hydroxylation is 1. The fourth-order valence-electron chi connectivity index (χ4n) is 4.03. The van der Waals surface area contributed by atoms with Crippen LogP contribution in [0, 0.1) is 6.92 Å². The van der Waals surface area contributed by atoms with Gasteiger partial charge in [0.2, 0.25) is 0 Å². The summed E-state index contributed by atoms with van der Waals surface area (Å²) in [6.07, 6.45) is 1.68. The SMILES string of the molecule is CCOC(=O)C(C)(C)Oc1ccc(CN(Cc2ccco2)Cc2c(C)nn(-c3ccccc3)c2Cl)cc1. The van der Waals surface area contributed by atoms with E-state index in [-0.39, 0.29) is 0 Å². The number of carbonyl (C=O) groups excluding carboxylic acids is 1. The lowest BCUT2D eigenvalue weighted by Gasteiger charge is -2.24. The molecule has 0 spiro atoms. The lowest BCUT2D eigenvalue weighted by atomic mass is 10.1. The minimum absolute atomic E-state index is 0.309. The van der Waals surface area contributed by atoms with Crippen molar-refractivity contribution in [3.05, 3.63) is 101 Å². The molecule has 0 aliphatic rings. The van der Waals surface area contributed by atoms with Gasteiger partial charge in [0, 0.05) is 18.7 Å². The van der Waals surface area contributed by atoms with Crippen molar-refractivity contribution in [3.63, 3.8) is 0 Å². The van der Waals surface area contributed by atoms with Crippen LogP contribution in [0.1, 0.15) is 43.4 Å². The summed E-state index contributed by atoms with van der Waals surface area (Å²) >= 11 is 6.82. The van der Waals surface area contributed by atoms with Crippen LogP contribution in [0.2, 0.25) is 5.15 Å². The second-order valence-electron chi connectivity index (χ2n) is 9.30. The molecule has 37 heavy (non-hydrogen) atoms. The molecule has 0 bridgehead atoms. The van der Waals surface area contributed by atoms with Crippen molar-refractivity contribution in [1.82, 2.24) is 14.7 Å². The molecule has 0 amide bonds. The molecule has 4 rings (SSSR count). The predicted octanol–water partition coefficient (Wildman–Crippen LogP) is 6.35. The van der Waals surface area contributed by atoms with Crippen LogP contribution in [0.3, 0.4) is 0 Å². The van der Waals surface area contributed by atoms with Crippen LogP contribution in [-0.4, -0.2) is 32.9 Å². The Labute approximate surface area is 222 Å². The maximum absolute atomic E-state index is 12.2. The summed E-state index contributed by atoms with van der Waals surface area (Å²) in [6.45, 7) is 9.30. The molecule has 0 saturated carbocycles. The average molecular weight is 522 g/mol. The topological polar surface area (TPSA) is 69.7 Å². The van der Waals surface area contributed by atoms with Crippen molar-refractivity contribution in [2.45, 2.75) is 52.9 Å². The molecular weight excluding hydrogens is 490 g/mol. The highest BCUT2D eigenvalue weighted by molar-refractivity contribution is 6.30. The van der Waals surface area contributed by atoms with E-state index in [0.29, 0.717) is 37.1 Å². The van der Waals surface area contributed by atoms with Crippen LogP contribution in [0.15, 0.2) is 77.4 Å². The zero-order valence-electron chi connectivity index (χ0n) is 21.6. The molecule has 0 aliphatic heterocycles. The van der Waals surface area contributed by atoms with E-state index in [9.17, 15) is 4.79 Å². The Kier molecular flexibility index (Phi) is 8.36. The molecule has 2 aromatic carbocycles. The first-order chi connectivity index (χ1) is 17.8. The monoisotopic (exact) mass is 521 g/mol. The summed E-state index contributed by atoms with van der Waals surface area (Å²) in [5.74, 6) is 1.06. The number of para-hydroxylation sites is 1.